The zero-order valence-corrected chi connectivity index (χ0v) is 49.5. The predicted octanol–water partition coefficient (Wildman–Crippen LogP) is 13.2. The number of morpholine rings is 2. The number of pyridine rings is 6. The van der Waals surface area contributed by atoms with Gasteiger partial charge in [-0.05, 0) is 96.0 Å². The number of halogens is 11. The minimum atomic E-state index is -4.83. The Kier molecular flexibility index (Phi) is 19.8. The second kappa shape index (κ2) is 27.8. The molecule has 2 aliphatic heterocycles. The van der Waals surface area contributed by atoms with Gasteiger partial charge in [-0.15, -0.1) is 26.3 Å². The number of rotatable bonds is 12. The highest BCUT2D eigenvalue weighted by atomic mass is 127. The fourth-order valence-corrected chi connectivity index (χ4v) is 10.2. The Balaban J connectivity index is 0.000000167. The van der Waals surface area contributed by atoms with Crippen molar-refractivity contribution in [2.45, 2.75) is 26.6 Å². The van der Waals surface area contributed by atoms with Crippen molar-refractivity contribution in [3.63, 3.8) is 0 Å². The Bertz CT molecular complexity index is 4160. The van der Waals surface area contributed by atoms with Crippen LogP contribution < -0.4 is 35.4 Å². The number of hydrogen-bond acceptors (Lipinski definition) is 16. The molecule has 10 aromatic rings. The van der Waals surface area contributed by atoms with E-state index in [4.69, 9.17) is 19.5 Å². The quantitative estimate of drug-likeness (QED) is 0.0514. The number of anilines is 6. The highest BCUT2D eigenvalue weighted by Gasteiger charge is 2.32. The highest BCUT2D eigenvalue weighted by molar-refractivity contribution is 14.1. The summed E-state index contributed by atoms with van der Waals surface area (Å²) in [7, 11) is -1.70. The first-order valence-electron chi connectivity index (χ1n) is 27.4. The van der Waals surface area contributed by atoms with Crippen LogP contribution in [0.3, 0.4) is 0 Å². The maximum absolute atomic E-state index is 15.4. The van der Waals surface area contributed by atoms with Crippen molar-refractivity contribution in [3.8, 4) is 45.4 Å². The van der Waals surface area contributed by atoms with Crippen molar-refractivity contribution in [1.82, 2.24) is 29.9 Å². The van der Waals surface area contributed by atoms with Crippen LogP contribution in [0.1, 0.15) is 11.1 Å². The lowest BCUT2D eigenvalue weighted by atomic mass is 9.80. The Morgan fingerprint density at radius 1 is 0.544 bits per heavy atom. The van der Waals surface area contributed by atoms with Crippen molar-refractivity contribution in [2.75, 3.05) is 73.0 Å². The highest BCUT2D eigenvalue weighted by Crippen LogP contribution is 2.42. The molecule has 8 heterocycles. The summed E-state index contributed by atoms with van der Waals surface area (Å²) in [5.41, 5.74) is 7.00. The van der Waals surface area contributed by atoms with Gasteiger partial charge in [-0.3, -0.25) is 9.97 Å². The van der Waals surface area contributed by atoms with Crippen LogP contribution in [0.2, 0.25) is 0 Å². The van der Waals surface area contributed by atoms with E-state index in [0.717, 1.165) is 70.6 Å². The van der Waals surface area contributed by atoms with E-state index in [0.29, 0.717) is 107 Å². The number of hydrogen-bond donors (Lipinski definition) is 4. The van der Waals surface area contributed by atoms with Gasteiger partial charge in [-0.25, -0.2) is 37.5 Å². The lowest BCUT2D eigenvalue weighted by Gasteiger charge is -2.28. The first kappa shape index (κ1) is 64.0. The van der Waals surface area contributed by atoms with Gasteiger partial charge in [0.2, 0.25) is 0 Å². The largest absolute Gasteiger partial charge is 0.573 e. The standard InChI is InChI=1S/C31H24F5N5O2.C24H20F2IN5O.C7H6BF3O3/c1-18-29(24-4-2-3-9-37-24)40-26-15-20(32)14-23(33)28(26)30(18)39-25-16-27(41-10-12-42-13-11-41)38-17-22(25)19-5-7-21(8-6-19)43-31(34,35)36;1-14-23(18-4-2-3-5-28-18)31-20-11-15(25)10-16(26)22(20)24(14)30-19-12-21(29-13-17(19)27)32-6-8-33-9-7-32;9-7(10,11)14-6-3-1-5(2-4-6)8(12)13/h2-9,14-17H,10-13H2,1H3,(H,38,39,40);2-5,10-13H,6-9H2,1H3,(H,29,30,31);1-4,12-13H. The molecule has 0 amide bonds. The van der Waals surface area contributed by atoms with E-state index < -0.39 is 48.9 Å². The lowest BCUT2D eigenvalue weighted by Crippen LogP contribution is -2.36. The molecule has 0 unspecified atom stereocenters. The first-order valence-corrected chi connectivity index (χ1v) is 28.5. The third-order valence-corrected chi connectivity index (χ3v) is 14.9. The predicted molar refractivity (Wildman–Crippen MR) is 328 cm³/mol. The van der Waals surface area contributed by atoms with Crippen LogP contribution in [-0.4, -0.2) is 112 Å². The molecular formula is C62H50BF10IN10O6. The van der Waals surface area contributed by atoms with Crippen LogP contribution in [-0.2, 0) is 9.47 Å². The van der Waals surface area contributed by atoms with Crippen molar-refractivity contribution >= 4 is 91.4 Å². The zero-order chi connectivity index (χ0) is 63.9. The summed E-state index contributed by atoms with van der Waals surface area (Å²) in [6.45, 7) is 8.66. The second-order valence-corrected chi connectivity index (χ2v) is 21.2. The monoisotopic (exact) mass is 1360 g/mol. The third-order valence-electron chi connectivity index (χ3n) is 14.0. The molecule has 6 aromatic heterocycles. The Morgan fingerprint density at radius 2 is 0.978 bits per heavy atom. The Labute approximate surface area is 520 Å². The summed E-state index contributed by atoms with van der Waals surface area (Å²) in [5, 5.41) is 24.3. The molecule has 4 N–H and O–H groups in total. The minimum Gasteiger partial charge on any atom is -0.423 e. The molecule has 0 atom stereocenters. The van der Waals surface area contributed by atoms with E-state index in [1.165, 1.54) is 30.3 Å². The van der Waals surface area contributed by atoms with Gasteiger partial charge in [0.1, 0.15) is 46.4 Å². The molecule has 0 saturated carbocycles. The van der Waals surface area contributed by atoms with Crippen molar-refractivity contribution in [3.05, 3.63) is 184 Å². The van der Waals surface area contributed by atoms with Gasteiger partial charge in [0.25, 0.3) is 0 Å². The average Bonchev–Trinajstić information content (AvgIpc) is 0.783. The van der Waals surface area contributed by atoms with Crippen molar-refractivity contribution < 1.29 is 72.9 Å². The smallest absolute Gasteiger partial charge is 0.423 e. The number of fused-ring (bicyclic) bond motifs is 2. The van der Waals surface area contributed by atoms with Gasteiger partial charge in [0.05, 0.1) is 97.3 Å². The number of nitrogens with zero attached hydrogens (tertiary/aromatic N) is 8. The SMILES string of the molecule is Cc1c(-c2ccccn2)nc2cc(F)cc(F)c2c1Nc1cc(N2CCOCC2)ncc1-c1ccc(OC(F)(F)F)cc1.Cc1c(-c2ccccn2)nc2cc(F)cc(F)c2c1Nc1cc(N2CCOCC2)ncc1I.OB(O)c1ccc(OC(F)(F)F)cc1. The van der Waals surface area contributed by atoms with E-state index in [1.807, 2.05) is 36.1 Å². The number of ether oxygens (including phenoxy) is 4. The van der Waals surface area contributed by atoms with Crippen LogP contribution in [0.15, 0.2) is 146 Å². The van der Waals surface area contributed by atoms with Crippen LogP contribution in [0.4, 0.5) is 78.3 Å². The summed E-state index contributed by atoms with van der Waals surface area (Å²) < 4.78 is 152. The van der Waals surface area contributed by atoms with Crippen LogP contribution in [0.5, 0.6) is 11.5 Å². The van der Waals surface area contributed by atoms with E-state index >= 15 is 8.78 Å². The molecule has 2 saturated heterocycles. The van der Waals surface area contributed by atoms with Gasteiger partial charge < -0.3 is 49.4 Å². The molecule has 90 heavy (non-hydrogen) atoms. The van der Waals surface area contributed by atoms with Crippen LogP contribution in [0, 0.1) is 40.7 Å². The molecule has 12 rings (SSSR count). The number of alkyl halides is 6. The molecule has 0 bridgehead atoms. The fraction of sp³-hybridized carbons (Fsp3) is 0.194. The molecule has 2 fully saturated rings. The Morgan fingerprint density at radius 3 is 1.41 bits per heavy atom. The van der Waals surface area contributed by atoms with Gasteiger partial charge in [0.15, 0.2) is 0 Å². The van der Waals surface area contributed by atoms with Crippen LogP contribution >= 0.6 is 22.6 Å². The van der Waals surface area contributed by atoms with E-state index in [1.54, 1.807) is 56.0 Å². The number of benzene rings is 4. The van der Waals surface area contributed by atoms with Gasteiger partial charge >= 0.3 is 19.8 Å². The molecule has 0 radical (unpaired) electrons. The average molecular weight is 1360 g/mol. The van der Waals surface area contributed by atoms with E-state index in [-0.39, 0.29) is 33.0 Å². The number of nitrogens with one attached hydrogen (secondary N) is 2. The molecule has 0 aliphatic carbocycles. The maximum Gasteiger partial charge on any atom is 0.573 e. The summed E-state index contributed by atoms with van der Waals surface area (Å²) in [6, 6.07) is 28.2. The molecule has 4 aromatic carbocycles. The third kappa shape index (κ3) is 15.7. The fourth-order valence-electron chi connectivity index (χ4n) is 9.81. The molecule has 2 aliphatic rings. The summed E-state index contributed by atoms with van der Waals surface area (Å²) in [5.74, 6) is -2.27. The molecular weight excluding hydrogens is 1310 g/mol. The Hall–Kier alpha value is -8.97. The summed E-state index contributed by atoms with van der Waals surface area (Å²) in [6.07, 6.45) is -2.92. The molecule has 464 valence electrons. The van der Waals surface area contributed by atoms with Crippen LogP contribution in [0.25, 0.3) is 55.7 Å². The maximum atomic E-state index is 15.4. The normalized spacial score (nSPS) is 13.5. The molecule has 28 heteroatoms. The van der Waals surface area contributed by atoms with Crippen molar-refractivity contribution in [1.29, 1.82) is 0 Å². The molecule has 0 spiro atoms. The van der Waals surface area contributed by atoms with Gasteiger partial charge in [0, 0.05) is 104 Å². The minimum absolute atomic E-state index is 0.0724. The second-order valence-electron chi connectivity index (χ2n) is 20.0. The summed E-state index contributed by atoms with van der Waals surface area (Å²) in [4.78, 5) is 31.3. The first-order chi connectivity index (χ1) is 43.0. The van der Waals surface area contributed by atoms with E-state index in [9.17, 15) is 35.1 Å². The van der Waals surface area contributed by atoms with Gasteiger partial charge in [-0.1, -0.05) is 36.4 Å². The van der Waals surface area contributed by atoms with Crippen molar-refractivity contribution in [2.24, 2.45) is 0 Å². The summed E-state index contributed by atoms with van der Waals surface area (Å²) >= 11 is 2.19. The number of aromatic nitrogens is 6. The lowest BCUT2D eigenvalue weighted by molar-refractivity contribution is -0.275. The van der Waals surface area contributed by atoms with E-state index in [2.05, 4.69) is 77.5 Å². The molecule has 16 nitrogen and oxygen atoms in total. The topological polar surface area (TPSA) is 185 Å². The van der Waals surface area contributed by atoms with Gasteiger partial charge in [-0.2, -0.15) is 0 Å². The zero-order valence-electron chi connectivity index (χ0n) is 47.4.